The molecule has 0 spiro atoms. The zero-order valence-electron chi connectivity index (χ0n) is 13.5. The van der Waals surface area contributed by atoms with Crippen LogP contribution in [-0.4, -0.2) is 49.4 Å². The summed E-state index contributed by atoms with van der Waals surface area (Å²) in [7, 11) is -3.03. The van der Waals surface area contributed by atoms with Crippen molar-refractivity contribution >= 4 is 67.0 Å². The van der Waals surface area contributed by atoms with E-state index in [-0.39, 0.29) is 29.7 Å². The number of thiophene rings is 1. The number of nitrogens with one attached hydrogen (secondary N) is 1. The summed E-state index contributed by atoms with van der Waals surface area (Å²) in [6.45, 7) is 7.91. The number of hydrogen-bond donors (Lipinski definition) is 1. The lowest BCUT2D eigenvalue weighted by Gasteiger charge is -2.39. The molecule has 0 aliphatic carbocycles. The van der Waals surface area contributed by atoms with Gasteiger partial charge in [-0.15, -0.1) is 35.3 Å². The largest absolute Gasteiger partial charge is 0.357 e. The molecule has 1 N–H and O–H groups in total. The third-order valence-electron chi connectivity index (χ3n) is 3.68. The number of rotatable bonds is 3. The van der Waals surface area contributed by atoms with Crippen molar-refractivity contribution in [2.45, 2.75) is 32.1 Å². The SMILES string of the molecule is CCNC(=NCc1cc(Br)cs1)N1CCS(=O)(=O)C(C)(C)C1.I. The quantitative estimate of drug-likeness (QED) is 0.367. The van der Waals surface area contributed by atoms with Crippen molar-refractivity contribution in [3.8, 4) is 0 Å². The molecule has 0 amide bonds. The fourth-order valence-corrected chi connectivity index (χ4v) is 5.08. The van der Waals surface area contributed by atoms with E-state index in [4.69, 9.17) is 0 Å². The highest BCUT2D eigenvalue weighted by Crippen LogP contribution is 2.24. The monoisotopic (exact) mass is 535 g/mol. The second-order valence-corrected chi connectivity index (χ2v) is 10.6. The first-order valence-electron chi connectivity index (χ1n) is 7.23. The van der Waals surface area contributed by atoms with Crippen molar-refractivity contribution in [3.63, 3.8) is 0 Å². The van der Waals surface area contributed by atoms with Crippen LogP contribution in [-0.2, 0) is 16.4 Å². The molecule has 1 aliphatic heterocycles. The number of sulfone groups is 1. The molecule has 0 atom stereocenters. The Bertz CT molecular complexity index is 659. The number of aliphatic imine (C=N–C) groups is 1. The lowest BCUT2D eigenvalue weighted by molar-refractivity contribution is 0.353. The van der Waals surface area contributed by atoms with E-state index >= 15 is 0 Å². The maximum Gasteiger partial charge on any atom is 0.194 e. The van der Waals surface area contributed by atoms with Crippen molar-refractivity contribution in [1.29, 1.82) is 0 Å². The number of nitrogens with zero attached hydrogens (tertiary/aromatic N) is 2. The van der Waals surface area contributed by atoms with Crippen LogP contribution >= 0.6 is 51.2 Å². The van der Waals surface area contributed by atoms with Gasteiger partial charge in [0.25, 0.3) is 0 Å². The minimum absolute atomic E-state index is 0. The van der Waals surface area contributed by atoms with Gasteiger partial charge >= 0.3 is 0 Å². The van der Waals surface area contributed by atoms with E-state index in [0.717, 1.165) is 17.0 Å². The highest BCUT2D eigenvalue weighted by atomic mass is 127. The van der Waals surface area contributed by atoms with Gasteiger partial charge in [0.15, 0.2) is 15.8 Å². The van der Waals surface area contributed by atoms with Gasteiger partial charge in [-0.2, -0.15) is 0 Å². The Kier molecular flexibility index (Phi) is 7.81. The molecule has 0 bridgehead atoms. The lowest BCUT2D eigenvalue weighted by atomic mass is 10.2. The third-order valence-corrected chi connectivity index (χ3v) is 7.90. The van der Waals surface area contributed by atoms with Crippen LogP contribution in [0.15, 0.2) is 20.9 Å². The number of hydrogen-bond acceptors (Lipinski definition) is 4. The van der Waals surface area contributed by atoms with Crippen LogP contribution in [0.4, 0.5) is 0 Å². The summed E-state index contributed by atoms with van der Waals surface area (Å²) in [6, 6.07) is 2.06. The number of halogens is 2. The van der Waals surface area contributed by atoms with Gasteiger partial charge in [0.05, 0.1) is 17.0 Å². The molecule has 2 heterocycles. The molecule has 1 fully saturated rings. The minimum Gasteiger partial charge on any atom is -0.357 e. The fraction of sp³-hybridized carbons (Fsp3) is 0.643. The van der Waals surface area contributed by atoms with E-state index in [1.54, 1.807) is 25.2 Å². The van der Waals surface area contributed by atoms with Crippen molar-refractivity contribution in [3.05, 3.63) is 20.8 Å². The number of guanidine groups is 1. The second kappa shape index (κ2) is 8.48. The van der Waals surface area contributed by atoms with Crippen molar-refractivity contribution in [2.75, 3.05) is 25.4 Å². The van der Waals surface area contributed by atoms with Gasteiger partial charge in [-0.1, -0.05) is 0 Å². The summed E-state index contributed by atoms with van der Waals surface area (Å²) in [6.07, 6.45) is 0. The maximum atomic E-state index is 12.1. The van der Waals surface area contributed by atoms with Gasteiger partial charge in [-0.05, 0) is 42.8 Å². The summed E-state index contributed by atoms with van der Waals surface area (Å²) in [5.74, 6) is 0.963. The van der Waals surface area contributed by atoms with Crippen LogP contribution in [0.5, 0.6) is 0 Å². The highest BCUT2D eigenvalue weighted by Gasteiger charge is 2.40. The predicted molar refractivity (Wildman–Crippen MR) is 112 cm³/mol. The van der Waals surface area contributed by atoms with Gasteiger partial charge in [-0.3, -0.25) is 0 Å². The van der Waals surface area contributed by atoms with Gasteiger partial charge in [0.1, 0.15) is 0 Å². The molecule has 0 radical (unpaired) electrons. The first-order valence-corrected chi connectivity index (χ1v) is 10.6. The summed E-state index contributed by atoms with van der Waals surface area (Å²) in [5, 5.41) is 5.30. The van der Waals surface area contributed by atoms with Crippen LogP contribution in [0.2, 0.25) is 0 Å². The zero-order valence-corrected chi connectivity index (χ0v) is 19.1. The van der Waals surface area contributed by atoms with Crippen LogP contribution in [0.3, 0.4) is 0 Å². The molecule has 1 saturated heterocycles. The summed E-state index contributed by atoms with van der Waals surface area (Å²) in [5.41, 5.74) is 0. The van der Waals surface area contributed by atoms with E-state index in [0.29, 0.717) is 19.6 Å². The molecule has 0 aromatic carbocycles. The Labute approximate surface area is 168 Å². The summed E-state index contributed by atoms with van der Waals surface area (Å²) in [4.78, 5) is 7.88. The minimum atomic E-state index is -3.03. The Balaban J connectivity index is 0.00000264. The van der Waals surface area contributed by atoms with Gasteiger partial charge in [0.2, 0.25) is 0 Å². The van der Waals surface area contributed by atoms with E-state index in [1.807, 2.05) is 17.2 Å². The topological polar surface area (TPSA) is 61.8 Å². The van der Waals surface area contributed by atoms with Crippen LogP contribution in [0, 0.1) is 0 Å². The summed E-state index contributed by atoms with van der Waals surface area (Å²) >= 11 is 5.10. The highest BCUT2D eigenvalue weighted by molar-refractivity contribution is 14.0. The zero-order chi connectivity index (χ0) is 16.4. The first kappa shape index (κ1) is 21.2. The normalized spacial score (nSPS) is 20.0. The predicted octanol–water partition coefficient (Wildman–Crippen LogP) is 3.10. The maximum absolute atomic E-state index is 12.1. The van der Waals surface area contributed by atoms with E-state index < -0.39 is 14.6 Å². The van der Waals surface area contributed by atoms with Crippen molar-refractivity contribution in [1.82, 2.24) is 10.2 Å². The van der Waals surface area contributed by atoms with E-state index in [2.05, 4.69) is 32.3 Å². The lowest BCUT2D eigenvalue weighted by Crippen LogP contribution is -2.57. The Morgan fingerprint density at radius 1 is 1.52 bits per heavy atom. The Morgan fingerprint density at radius 3 is 2.74 bits per heavy atom. The first-order chi connectivity index (χ1) is 10.2. The van der Waals surface area contributed by atoms with Gasteiger partial charge in [-0.25, -0.2) is 13.4 Å². The Hall–Kier alpha value is 0.130. The average Bonchev–Trinajstić information content (AvgIpc) is 2.84. The fourth-order valence-electron chi connectivity index (χ4n) is 2.34. The molecule has 1 aromatic rings. The van der Waals surface area contributed by atoms with Gasteiger partial charge < -0.3 is 10.2 Å². The molecule has 132 valence electrons. The van der Waals surface area contributed by atoms with Crippen molar-refractivity contribution in [2.24, 2.45) is 4.99 Å². The van der Waals surface area contributed by atoms with Crippen LogP contribution in [0.1, 0.15) is 25.6 Å². The van der Waals surface area contributed by atoms with Gasteiger partial charge in [0, 0.05) is 34.4 Å². The molecular weight excluding hydrogens is 513 g/mol. The third kappa shape index (κ3) is 5.30. The molecule has 23 heavy (non-hydrogen) atoms. The molecule has 0 saturated carbocycles. The van der Waals surface area contributed by atoms with E-state index in [9.17, 15) is 8.42 Å². The Morgan fingerprint density at radius 2 is 2.22 bits per heavy atom. The average molecular weight is 536 g/mol. The van der Waals surface area contributed by atoms with E-state index in [1.165, 1.54) is 4.88 Å². The van der Waals surface area contributed by atoms with Crippen LogP contribution < -0.4 is 5.32 Å². The molecule has 2 rings (SSSR count). The molecule has 0 unspecified atom stereocenters. The molecule has 1 aliphatic rings. The molecule has 5 nitrogen and oxygen atoms in total. The smallest absolute Gasteiger partial charge is 0.194 e. The second-order valence-electron chi connectivity index (χ2n) is 5.90. The molecular formula is C14H23BrIN3O2S2. The van der Waals surface area contributed by atoms with Crippen molar-refractivity contribution < 1.29 is 8.42 Å². The summed E-state index contributed by atoms with van der Waals surface area (Å²) < 4.78 is 24.6. The molecule has 1 aromatic heterocycles. The van der Waals surface area contributed by atoms with Crippen LogP contribution in [0.25, 0.3) is 0 Å². The molecule has 9 heteroatoms. The standard InChI is InChI=1S/C14H22BrN3O2S2.HI/c1-4-16-13(17-8-12-7-11(15)9-21-12)18-5-6-22(19,20)14(2,3)10-18;/h7,9H,4-6,8,10H2,1-3H3,(H,16,17);1H.